The molecular formula is C22H33N3O. The third-order valence-electron chi connectivity index (χ3n) is 5.19. The van der Waals surface area contributed by atoms with Gasteiger partial charge in [0.1, 0.15) is 0 Å². The Balaban J connectivity index is 2.46. The summed E-state index contributed by atoms with van der Waals surface area (Å²) in [4.78, 5) is 17.1. The van der Waals surface area contributed by atoms with Crippen molar-refractivity contribution in [2.45, 2.75) is 31.1 Å². The number of hydrogen-bond donors (Lipinski definition) is 1. The first kappa shape index (κ1) is 20.4. The molecule has 0 unspecified atom stereocenters. The van der Waals surface area contributed by atoms with E-state index < -0.39 is 5.41 Å². The number of primary amides is 1. The van der Waals surface area contributed by atoms with Crippen LogP contribution in [0.2, 0.25) is 0 Å². The summed E-state index contributed by atoms with van der Waals surface area (Å²) in [5, 5.41) is 2.30. The van der Waals surface area contributed by atoms with Gasteiger partial charge in [-0.3, -0.25) is 4.79 Å². The minimum absolute atomic E-state index is 0.202. The van der Waals surface area contributed by atoms with Crippen LogP contribution in [0.3, 0.4) is 0 Å². The smallest absolute Gasteiger partial charge is 0.228 e. The fourth-order valence-corrected chi connectivity index (χ4v) is 3.81. The van der Waals surface area contributed by atoms with Gasteiger partial charge in [0.15, 0.2) is 0 Å². The number of carbonyl (C=O) groups excluding carboxylic acids is 1. The second-order valence-electron chi connectivity index (χ2n) is 7.79. The van der Waals surface area contributed by atoms with Crippen molar-refractivity contribution in [2.24, 2.45) is 5.73 Å². The molecular weight excluding hydrogens is 322 g/mol. The monoisotopic (exact) mass is 355 g/mol. The van der Waals surface area contributed by atoms with Crippen LogP contribution in [-0.2, 0) is 10.2 Å². The first-order chi connectivity index (χ1) is 12.4. The van der Waals surface area contributed by atoms with E-state index in [1.807, 2.05) is 18.2 Å². The number of rotatable bonds is 10. The van der Waals surface area contributed by atoms with Crippen molar-refractivity contribution in [1.29, 1.82) is 0 Å². The molecule has 0 aliphatic rings. The van der Waals surface area contributed by atoms with E-state index in [4.69, 9.17) is 5.73 Å². The van der Waals surface area contributed by atoms with Gasteiger partial charge in [0, 0.05) is 0 Å². The fourth-order valence-electron chi connectivity index (χ4n) is 3.81. The molecule has 0 bridgehead atoms. The second kappa shape index (κ2) is 9.15. The van der Waals surface area contributed by atoms with Crippen LogP contribution in [0, 0.1) is 0 Å². The number of benzene rings is 2. The summed E-state index contributed by atoms with van der Waals surface area (Å²) in [6.45, 7) is 1.90. The molecule has 1 amide bonds. The van der Waals surface area contributed by atoms with Crippen molar-refractivity contribution in [3.05, 3.63) is 48.0 Å². The number of nitrogens with two attached hydrogens (primary N) is 1. The lowest BCUT2D eigenvalue weighted by atomic mass is 9.71. The van der Waals surface area contributed by atoms with Crippen molar-refractivity contribution >= 4 is 16.7 Å². The molecule has 0 saturated heterocycles. The average molecular weight is 356 g/mol. The van der Waals surface area contributed by atoms with Crippen LogP contribution in [0.15, 0.2) is 42.5 Å². The van der Waals surface area contributed by atoms with Crippen LogP contribution in [0.5, 0.6) is 0 Å². The van der Waals surface area contributed by atoms with Gasteiger partial charge in [-0.1, -0.05) is 42.5 Å². The molecule has 0 heterocycles. The zero-order valence-electron chi connectivity index (χ0n) is 16.7. The van der Waals surface area contributed by atoms with E-state index >= 15 is 0 Å². The van der Waals surface area contributed by atoms with E-state index in [0.717, 1.165) is 55.1 Å². The lowest BCUT2D eigenvalue weighted by Gasteiger charge is -2.33. The fraction of sp³-hybridized carbons (Fsp3) is 0.500. The minimum Gasteiger partial charge on any atom is -0.369 e. The molecule has 0 aliphatic carbocycles. The topological polar surface area (TPSA) is 49.6 Å². The van der Waals surface area contributed by atoms with Crippen LogP contribution in [0.1, 0.15) is 31.2 Å². The SMILES string of the molecule is CN(C)CCCC(CCCN(C)C)(C(N)=O)c1cccc2ccccc12. The molecule has 0 atom stereocenters. The molecule has 0 fully saturated rings. The Kier molecular flexibility index (Phi) is 7.18. The van der Waals surface area contributed by atoms with Gasteiger partial charge in [0.2, 0.25) is 5.91 Å². The quantitative estimate of drug-likeness (QED) is 0.712. The summed E-state index contributed by atoms with van der Waals surface area (Å²) < 4.78 is 0. The predicted octanol–water partition coefficient (Wildman–Crippen LogP) is 3.25. The molecule has 142 valence electrons. The molecule has 4 heteroatoms. The Labute approximate surface area is 158 Å². The summed E-state index contributed by atoms with van der Waals surface area (Å²) >= 11 is 0. The van der Waals surface area contributed by atoms with Crippen molar-refractivity contribution in [3.63, 3.8) is 0 Å². The van der Waals surface area contributed by atoms with Gasteiger partial charge in [0.05, 0.1) is 5.41 Å². The minimum atomic E-state index is -0.618. The van der Waals surface area contributed by atoms with Gasteiger partial charge in [0.25, 0.3) is 0 Å². The average Bonchev–Trinajstić information content (AvgIpc) is 2.59. The van der Waals surface area contributed by atoms with Gasteiger partial charge in [-0.25, -0.2) is 0 Å². The third-order valence-corrected chi connectivity index (χ3v) is 5.19. The van der Waals surface area contributed by atoms with E-state index in [1.165, 1.54) is 0 Å². The standard InChI is InChI=1S/C22H33N3O/c1-24(2)16-8-14-22(21(23)26,15-9-17-25(3)4)20-13-7-11-18-10-5-6-12-19(18)20/h5-7,10-13H,8-9,14-17H2,1-4H3,(H2,23,26). The van der Waals surface area contributed by atoms with Crippen molar-refractivity contribution in [1.82, 2.24) is 9.80 Å². The Hall–Kier alpha value is -1.91. The van der Waals surface area contributed by atoms with Crippen LogP contribution >= 0.6 is 0 Å². The Morgan fingerprint density at radius 3 is 1.96 bits per heavy atom. The second-order valence-corrected chi connectivity index (χ2v) is 7.79. The predicted molar refractivity (Wildman–Crippen MR) is 110 cm³/mol. The summed E-state index contributed by atoms with van der Waals surface area (Å²) in [5.74, 6) is -0.202. The van der Waals surface area contributed by atoms with E-state index in [-0.39, 0.29) is 5.91 Å². The van der Waals surface area contributed by atoms with Crippen LogP contribution in [0.25, 0.3) is 10.8 Å². The number of hydrogen-bond acceptors (Lipinski definition) is 3. The Morgan fingerprint density at radius 2 is 1.42 bits per heavy atom. The van der Waals surface area contributed by atoms with E-state index in [0.29, 0.717) is 0 Å². The maximum atomic E-state index is 12.8. The molecule has 2 rings (SSSR count). The maximum absolute atomic E-state index is 12.8. The van der Waals surface area contributed by atoms with Gasteiger partial charge in [-0.2, -0.15) is 0 Å². The molecule has 2 aromatic rings. The van der Waals surface area contributed by atoms with Crippen LogP contribution in [-0.4, -0.2) is 57.0 Å². The van der Waals surface area contributed by atoms with Crippen molar-refractivity contribution < 1.29 is 4.79 Å². The molecule has 0 aliphatic heterocycles. The number of amides is 1. The van der Waals surface area contributed by atoms with Gasteiger partial charge in [-0.05, 0) is 83.3 Å². The van der Waals surface area contributed by atoms with Crippen molar-refractivity contribution in [3.8, 4) is 0 Å². The van der Waals surface area contributed by atoms with Gasteiger partial charge < -0.3 is 15.5 Å². The highest BCUT2D eigenvalue weighted by atomic mass is 16.1. The molecule has 0 saturated carbocycles. The Bertz CT molecular complexity index is 705. The maximum Gasteiger partial charge on any atom is 0.228 e. The third kappa shape index (κ3) is 4.83. The zero-order valence-corrected chi connectivity index (χ0v) is 16.7. The van der Waals surface area contributed by atoms with E-state index in [1.54, 1.807) is 0 Å². The highest BCUT2D eigenvalue weighted by Gasteiger charge is 2.38. The van der Waals surface area contributed by atoms with E-state index in [2.05, 4.69) is 62.3 Å². The largest absolute Gasteiger partial charge is 0.369 e. The summed E-state index contributed by atoms with van der Waals surface area (Å²) in [6, 6.07) is 14.5. The molecule has 0 spiro atoms. The highest BCUT2D eigenvalue weighted by molar-refractivity contribution is 5.95. The van der Waals surface area contributed by atoms with Crippen molar-refractivity contribution in [2.75, 3.05) is 41.3 Å². The van der Waals surface area contributed by atoms with Crippen LogP contribution in [0.4, 0.5) is 0 Å². The molecule has 2 N–H and O–H groups in total. The summed E-state index contributed by atoms with van der Waals surface area (Å²) in [7, 11) is 8.26. The number of nitrogens with zero attached hydrogens (tertiary/aromatic N) is 2. The highest BCUT2D eigenvalue weighted by Crippen LogP contribution is 2.38. The normalized spacial score (nSPS) is 12.2. The Morgan fingerprint density at radius 1 is 0.885 bits per heavy atom. The van der Waals surface area contributed by atoms with Crippen LogP contribution < -0.4 is 5.73 Å². The lowest BCUT2D eigenvalue weighted by Crippen LogP contribution is -2.42. The zero-order chi connectivity index (χ0) is 19.2. The first-order valence-electron chi connectivity index (χ1n) is 9.44. The van der Waals surface area contributed by atoms with Gasteiger partial charge in [-0.15, -0.1) is 0 Å². The first-order valence-corrected chi connectivity index (χ1v) is 9.44. The molecule has 4 nitrogen and oxygen atoms in total. The molecule has 0 aromatic heterocycles. The molecule has 26 heavy (non-hydrogen) atoms. The number of fused-ring (bicyclic) bond motifs is 1. The molecule has 0 radical (unpaired) electrons. The summed E-state index contributed by atoms with van der Waals surface area (Å²) in [6.07, 6.45) is 3.45. The molecule has 2 aromatic carbocycles. The van der Waals surface area contributed by atoms with E-state index in [9.17, 15) is 4.79 Å². The number of carbonyl (C=O) groups is 1. The lowest BCUT2D eigenvalue weighted by molar-refractivity contribution is -0.124. The summed E-state index contributed by atoms with van der Waals surface area (Å²) in [5.41, 5.74) is 6.53. The van der Waals surface area contributed by atoms with Gasteiger partial charge >= 0.3 is 0 Å².